The lowest BCUT2D eigenvalue weighted by Crippen LogP contribution is -2.05. The topological polar surface area (TPSA) is 56.0 Å². The van der Waals surface area contributed by atoms with Crippen LogP contribution >= 0.6 is 11.6 Å². The zero-order chi connectivity index (χ0) is 8.97. The number of nitrogens with zero attached hydrogens (tertiary/aromatic N) is 1. The van der Waals surface area contributed by atoms with Gasteiger partial charge in [-0.1, -0.05) is 11.6 Å². The van der Waals surface area contributed by atoms with Gasteiger partial charge in [0, 0.05) is 12.3 Å². The van der Waals surface area contributed by atoms with Crippen molar-refractivity contribution in [2.24, 2.45) is 5.73 Å². The molecule has 0 saturated heterocycles. The van der Waals surface area contributed by atoms with Crippen molar-refractivity contribution in [3.8, 4) is 0 Å². The van der Waals surface area contributed by atoms with E-state index in [9.17, 15) is 4.79 Å². The maximum atomic E-state index is 10.3. The van der Waals surface area contributed by atoms with Crippen molar-refractivity contribution in [1.82, 2.24) is 4.98 Å². The van der Waals surface area contributed by atoms with Crippen molar-refractivity contribution in [2.45, 2.75) is 0 Å². The standard InChI is InChI=1S/C8H7ClN2O/c9-7-5-6(3-4-11-7)1-2-8(10)12/h1-5H,(H2,10,12). The Morgan fingerprint density at radius 2 is 2.42 bits per heavy atom. The number of primary amides is 1. The summed E-state index contributed by atoms with van der Waals surface area (Å²) in [5.74, 6) is -0.483. The molecular formula is C8H7ClN2O. The molecule has 12 heavy (non-hydrogen) atoms. The fourth-order valence-corrected chi connectivity index (χ4v) is 0.882. The molecule has 1 aromatic heterocycles. The van der Waals surface area contributed by atoms with Crippen LogP contribution in [-0.2, 0) is 4.79 Å². The van der Waals surface area contributed by atoms with Crippen molar-refractivity contribution < 1.29 is 4.79 Å². The first-order chi connectivity index (χ1) is 5.68. The number of carbonyl (C=O) groups is 1. The normalized spacial score (nSPS) is 10.4. The molecule has 1 amide bonds. The van der Waals surface area contributed by atoms with Gasteiger partial charge >= 0.3 is 0 Å². The van der Waals surface area contributed by atoms with Crippen molar-refractivity contribution >= 4 is 23.6 Å². The van der Waals surface area contributed by atoms with Gasteiger partial charge in [0.25, 0.3) is 0 Å². The molecule has 0 aliphatic carbocycles. The smallest absolute Gasteiger partial charge is 0.241 e. The van der Waals surface area contributed by atoms with Gasteiger partial charge < -0.3 is 5.73 Å². The molecule has 1 rings (SSSR count). The van der Waals surface area contributed by atoms with Gasteiger partial charge in [-0.3, -0.25) is 4.79 Å². The van der Waals surface area contributed by atoms with E-state index >= 15 is 0 Å². The molecule has 0 aliphatic heterocycles. The van der Waals surface area contributed by atoms with E-state index in [1.165, 1.54) is 6.08 Å². The van der Waals surface area contributed by atoms with Crippen LogP contribution in [0.3, 0.4) is 0 Å². The summed E-state index contributed by atoms with van der Waals surface area (Å²) in [6.45, 7) is 0. The number of nitrogens with two attached hydrogens (primary N) is 1. The van der Waals surface area contributed by atoms with Crippen LogP contribution in [0.4, 0.5) is 0 Å². The molecule has 0 aromatic carbocycles. The lowest BCUT2D eigenvalue weighted by molar-refractivity contribution is -0.113. The molecule has 0 unspecified atom stereocenters. The molecule has 62 valence electrons. The van der Waals surface area contributed by atoms with Crippen LogP contribution < -0.4 is 5.73 Å². The van der Waals surface area contributed by atoms with E-state index in [4.69, 9.17) is 17.3 Å². The predicted octanol–water partition coefficient (Wildman–Crippen LogP) is 1.23. The second-order valence-electron chi connectivity index (χ2n) is 2.15. The highest BCUT2D eigenvalue weighted by Crippen LogP contribution is 2.07. The van der Waals surface area contributed by atoms with Crippen LogP contribution in [0.5, 0.6) is 0 Å². The molecule has 0 aliphatic rings. The quantitative estimate of drug-likeness (QED) is 0.553. The Balaban J connectivity index is 2.83. The summed E-state index contributed by atoms with van der Waals surface area (Å²) in [4.78, 5) is 14.1. The molecule has 0 spiro atoms. The van der Waals surface area contributed by atoms with Crippen LogP contribution in [0.2, 0.25) is 5.15 Å². The fraction of sp³-hybridized carbons (Fsp3) is 0. The zero-order valence-electron chi connectivity index (χ0n) is 6.20. The molecule has 4 heteroatoms. The minimum absolute atomic E-state index is 0.390. The first kappa shape index (κ1) is 8.74. The number of aromatic nitrogens is 1. The summed E-state index contributed by atoms with van der Waals surface area (Å²) >= 11 is 5.60. The molecule has 0 bridgehead atoms. The Morgan fingerprint density at radius 3 is 3.00 bits per heavy atom. The molecule has 0 fully saturated rings. The van der Waals surface area contributed by atoms with Crippen LogP contribution in [0.1, 0.15) is 5.56 Å². The van der Waals surface area contributed by atoms with Gasteiger partial charge in [-0.05, 0) is 23.8 Å². The molecule has 1 aromatic rings. The summed E-state index contributed by atoms with van der Waals surface area (Å²) in [6.07, 6.45) is 4.41. The molecule has 2 N–H and O–H groups in total. The minimum Gasteiger partial charge on any atom is -0.366 e. The van der Waals surface area contributed by atoms with Crippen molar-refractivity contribution in [1.29, 1.82) is 0 Å². The monoisotopic (exact) mass is 182 g/mol. The first-order valence-electron chi connectivity index (χ1n) is 3.27. The van der Waals surface area contributed by atoms with Crippen molar-refractivity contribution in [2.75, 3.05) is 0 Å². The third-order valence-corrected chi connectivity index (χ3v) is 1.40. The van der Waals surface area contributed by atoms with Crippen LogP contribution in [0.15, 0.2) is 24.4 Å². The molecule has 1 heterocycles. The van der Waals surface area contributed by atoms with E-state index < -0.39 is 5.91 Å². The number of hydrogen-bond acceptors (Lipinski definition) is 2. The maximum absolute atomic E-state index is 10.3. The van der Waals surface area contributed by atoms with E-state index in [-0.39, 0.29) is 0 Å². The largest absolute Gasteiger partial charge is 0.366 e. The number of carbonyl (C=O) groups excluding carboxylic acids is 1. The van der Waals surface area contributed by atoms with E-state index in [1.54, 1.807) is 24.4 Å². The number of amides is 1. The molecule has 0 radical (unpaired) electrons. The van der Waals surface area contributed by atoms with E-state index in [0.29, 0.717) is 5.15 Å². The predicted molar refractivity (Wildman–Crippen MR) is 47.5 cm³/mol. The van der Waals surface area contributed by atoms with Crippen molar-refractivity contribution in [3.05, 3.63) is 35.1 Å². The number of hydrogen-bond donors (Lipinski definition) is 1. The Bertz CT molecular complexity index is 323. The van der Waals surface area contributed by atoms with Crippen LogP contribution in [-0.4, -0.2) is 10.9 Å². The third-order valence-electron chi connectivity index (χ3n) is 1.19. The minimum atomic E-state index is -0.483. The van der Waals surface area contributed by atoms with Gasteiger partial charge in [-0.2, -0.15) is 0 Å². The highest BCUT2D eigenvalue weighted by Gasteiger charge is 1.90. The van der Waals surface area contributed by atoms with Gasteiger partial charge in [-0.15, -0.1) is 0 Å². The Labute approximate surface area is 74.9 Å². The van der Waals surface area contributed by atoms with Crippen LogP contribution in [0.25, 0.3) is 6.08 Å². The molecular weight excluding hydrogens is 176 g/mol. The SMILES string of the molecule is NC(=O)C=Cc1ccnc(Cl)c1. The van der Waals surface area contributed by atoms with Gasteiger partial charge in [0.05, 0.1) is 0 Å². The Kier molecular flexibility index (Phi) is 2.82. The van der Waals surface area contributed by atoms with Gasteiger partial charge in [0.2, 0.25) is 5.91 Å². The van der Waals surface area contributed by atoms with Gasteiger partial charge in [-0.25, -0.2) is 4.98 Å². The van der Waals surface area contributed by atoms with E-state index in [0.717, 1.165) is 5.56 Å². The highest BCUT2D eigenvalue weighted by atomic mass is 35.5. The van der Waals surface area contributed by atoms with Gasteiger partial charge in [0.15, 0.2) is 0 Å². The van der Waals surface area contributed by atoms with Crippen molar-refractivity contribution in [3.63, 3.8) is 0 Å². The van der Waals surface area contributed by atoms with Gasteiger partial charge in [0.1, 0.15) is 5.15 Å². The Hall–Kier alpha value is -1.35. The summed E-state index contributed by atoms with van der Waals surface area (Å²) in [7, 11) is 0. The summed E-state index contributed by atoms with van der Waals surface area (Å²) in [5, 5.41) is 0.390. The molecule has 0 saturated carbocycles. The lowest BCUT2D eigenvalue weighted by atomic mass is 10.2. The van der Waals surface area contributed by atoms with E-state index in [1.807, 2.05) is 0 Å². The van der Waals surface area contributed by atoms with E-state index in [2.05, 4.69) is 4.98 Å². The lowest BCUT2D eigenvalue weighted by Gasteiger charge is -1.91. The van der Waals surface area contributed by atoms with Crippen LogP contribution in [0, 0.1) is 0 Å². The molecule has 3 nitrogen and oxygen atoms in total. The summed E-state index contributed by atoms with van der Waals surface area (Å²) < 4.78 is 0. The highest BCUT2D eigenvalue weighted by molar-refractivity contribution is 6.29. The zero-order valence-corrected chi connectivity index (χ0v) is 6.95. The second-order valence-corrected chi connectivity index (χ2v) is 2.53. The third kappa shape index (κ3) is 2.72. The molecule has 0 atom stereocenters. The average Bonchev–Trinajstić information content (AvgIpc) is 2.01. The first-order valence-corrected chi connectivity index (χ1v) is 3.65. The summed E-state index contributed by atoms with van der Waals surface area (Å²) in [5.41, 5.74) is 5.70. The average molecular weight is 183 g/mol. The second kappa shape index (κ2) is 3.88. The number of pyridine rings is 1. The summed E-state index contributed by atoms with van der Waals surface area (Å²) in [6, 6.07) is 3.37. The number of halogens is 1. The fourth-order valence-electron chi connectivity index (χ4n) is 0.699. The number of rotatable bonds is 2. The maximum Gasteiger partial charge on any atom is 0.241 e. The Morgan fingerprint density at radius 1 is 1.67 bits per heavy atom.